The molecule has 2 unspecified atom stereocenters. The summed E-state index contributed by atoms with van der Waals surface area (Å²) in [5.74, 6) is 0.912. The van der Waals surface area contributed by atoms with Crippen LogP contribution < -0.4 is 10.1 Å². The zero-order chi connectivity index (χ0) is 12.3. The van der Waals surface area contributed by atoms with E-state index in [1.807, 2.05) is 6.07 Å². The van der Waals surface area contributed by atoms with E-state index in [2.05, 4.69) is 31.3 Å². The van der Waals surface area contributed by atoms with Gasteiger partial charge in [0.1, 0.15) is 11.9 Å². The maximum Gasteiger partial charge on any atom is 0.124 e. The second kappa shape index (κ2) is 5.52. The van der Waals surface area contributed by atoms with Gasteiger partial charge in [-0.25, -0.2) is 0 Å². The third-order valence-electron chi connectivity index (χ3n) is 3.18. The Morgan fingerprint density at radius 3 is 3.00 bits per heavy atom. The second-order valence-electron chi connectivity index (χ2n) is 4.71. The Hall–Kier alpha value is -1.06. The lowest BCUT2D eigenvalue weighted by molar-refractivity contribution is 0.0834. The maximum absolute atomic E-state index is 9.26. The Labute approximate surface area is 103 Å². The Morgan fingerprint density at radius 2 is 2.29 bits per heavy atom. The highest BCUT2D eigenvalue weighted by Crippen LogP contribution is 2.35. The van der Waals surface area contributed by atoms with Crippen LogP contribution in [0.2, 0.25) is 0 Å². The fourth-order valence-corrected chi connectivity index (χ4v) is 2.29. The minimum atomic E-state index is -0.0837. The van der Waals surface area contributed by atoms with Gasteiger partial charge in [-0.3, -0.25) is 0 Å². The topological polar surface area (TPSA) is 41.5 Å². The molecule has 0 bridgehead atoms. The van der Waals surface area contributed by atoms with Crippen LogP contribution in [0.4, 0.5) is 0 Å². The van der Waals surface area contributed by atoms with Crippen LogP contribution >= 0.6 is 0 Å². The molecule has 94 valence electrons. The van der Waals surface area contributed by atoms with Gasteiger partial charge in [0.25, 0.3) is 0 Å². The van der Waals surface area contributed by atoms with Crippen LogP contribution in [-0.2, 0) is 0 Å². The van der Waals surface area contributed by atoms with E-state index in [1.54, 1.807) is 0 Å². The molecule has 1 aliphatic rings. The summed E-state index contributed by atoms with van der Waals surface area (Å²) in [6.45, 7) is 5.33. The fraction of sp³-hybridized carbons (Fsp3) is 0.571. The molecule has 1 aromatic carbocycles. The fourth-order valence-electron chi connectivity index (χ4n) is 2.29. The van der Waals surface area contributed by atoms with Crippen molar-refractivity contribution in [2.75, 3.05) is 13.2 Å². The average molecular weight is 235 g/mol. The summed E-state index contributed by atoms with van der Waals surface area (Å²) >= 11 is 0. The number of aliphatic hydroxyl groups is 1. The highest BCUT2D eigenvalue weighted by Gasteiger charge is 2.27. The molecular weight excluding hydrogens is 214 g/mol. The van der Waals surface area contributed by atoms with E-state index in [9.17, 15) is 5.11 Å². The minimum absolute atomic E-state index is 0.0810. The van der Waals surface area contributed by atoms with Gasteiger partial charge in [0, 0.05) is 18.0 Å². The lowest BCUT2D eigenvalue weighted by atomic mass is 9.95. The lowest BCUT2D eigenvalue weighted by Crippen LogP contribution is -2.35. The van der Waals surface area contributed by atoms with Crippen molar-refractivity contribution in [1.82, 2.24) is 5.32 Å². The molecule has 0 aromatic heterocycles. The zero-order valence-corrected chi connectivity index (χ0v) is 10.6. The number of aliphatic hydroxyl groups excluding tert-OH is 1. The van der Waals surface area contributed by atoms with Gasteiger partial charge in [-0.05, 0) is 26.0 Å². The Morgan fingerprint density at radius 1 is 1.47 bits per heavy atom. The molecule has 0 amide bonds. The van der Waals surface area contributed by atoms with Crippen molar-refractivity contribution in [2.45, 2.75) is 38.8 Å². The average Bonchev–Trinajstić information content (AvgIpc) is 2.35. The van der Waals surface area contributed by atoms with Gasteiger partial charge in [-0.2, -0.15) is 0 Å². The predicted octanol–water partition coefficient (Wildman–Crippen LogP) is 2.18. The highest BCUT2D eigenvalue weighted by molar-refractivity contribution is 5.40. The molecule has 17 heavy (non-hydrogen) atoms. The van der Waals surface area contributed by atoms with Crippen LogP contribution in [0.1, 0.15) is 36.9 Å². The number of rotatable bonds is 4. The van der Waals surface area contributed by atoms with Crippen molar-refractivity contribution < 1.29 is 9.84 Å². The van der Waals surface area contributed by atoms with Gasteiger partial charge in [0.05, 0.1) is 6.61 Å². The van der Waals surface area contributed by atoms with Crippen molar-refractivity contribution in [2.24, 2.45) is 0 Å². The smallest absolute Gasteiger partial charge is 0.124 e. The van der Waals surface area contributed by atoms with Crippen LogP contribution in [0, 0.1) is 6.92 Å². The van der Waals surface area contributed by atoms with Crippen LogP contribution in [0.3, 0.4) is 0 Å². The zero-order valence-electron chi connectivity index (χ0n) is 10.6. The summed E-state index contributed by atoms with van der Waals surface area (Å²) in [6.07, 6.45) is 1.87. The number of ether oxygens (including phenoxy) is 1. The molecule has 1 heterocycles. The lowest BCUT2D eigenvalue weighted by Gasteiger charge is -2.32. The van der Waals surface area contributed by atoms with Crippen molar-refractivity contribution in [1.29, 1.82) is 0 Å². The molecule has 0 aliphatic carbocycles. The van der Waals surface area contributed by atoms with Gasteiger partial charge in [0.15, 0.2) is 0 Å². The van der Waals surface area contributed by atoms with Crippen LogP contribution in [-0.4, -0.2) is 24.4 Å². The summed E-state index contributed by atoms with van der Waals surface area (Å²) < 4.78 is 5.76. The van der Waals surface area contributed by atoms with Crippen LogP contribution in [0.15, 0.2) is 18.2 Å². The number of hydrogen-bond donors (Lipinski definition) is 2. The summed E-state index contributed by atoms with van der Waals surface area (Å²) in [6, 6.07) is 6.54. The molecule has 3 heteroatoms. The van der Waals surface area contributed by atoms with Gasteiger partial charge in [0.2, 0.25) is 0 Å². The molecular formula is C14H21NO2. The van der Waals surface area contributed by atoms with Gasteiger partial charge < -0.3 is 15.2 Å². The highest BCUT2D eigenvalue weighted by atomic mass is 16.5. The summed E-state index contributed by atoms with van der Waals surface area (Å²) in [5, 5.41) is 12.8. The number of aryl methyl sites for hydroxylation is 1. The van der Waals surface area contributed by atoms with Gasteiger partial charge >= 0.3 is 0 Å². The molecule has 0 fully saturated rings. The molecule has 2 N–H and O–H groups in total. The third-order valence-corrected chi connectivity index (χ3v) is 3.18. The minimum Gasteiger partial charge on any atom is -0.488 e. The standard InChI is InChI=1S/C14H21NO2/c1-3-6-15-13-8-11(9-16)17-14-5-4-10(2)7-12(13)14/h4-5,7,11,13,15-16H,3,6,8-9H2,1-2H3. The van der Waals surface area contributed by atoms with E-state index < -0.39 is 0 Å². The Balaban J connectivity index is 2.24. The van der Waals surface area contributed by atoms with Crippen LogP contribution in [0.5, 0.6) is 5.75 Å². The first-order chi connectivity index (χ1) is 8.24. The van der Waals surface area contributed by atoms with E-state index in [0.717, 1.165) is 25.1 Å². The molecule has 0 saturated heterocycles. The maximum atomic E-state index is 9.26. The summed E-state index contributed by atoms with van der Waals surface area (Å²) in [5.41, 5.74) is 2.47. The van der Waals surface area contributed by atoms with Gasteiger partial charge in [-0.1, -0.05) is 24.6 Å². The molecule has 1 aromatic rings. The van der Waals surface area contributed by atoms with E-state index in [1.165, 1.54) is 11.1 Å². The molecule has 1 aliphatic heterocycles. The largest absolute Gasteiger partial charge is 0.488 e. The molecule has 0 spiro atoms. The van der Waals surface area contributed by atoms with Gasteiger partial charge in [-0.15, -0.1) is 0 Å². The number of benzene rings is 1. The molecule has 0 radical (unpaired) electrons. The van der Waals surface area contributed by atoms with Crippen LogP contribution in [0.25, 0.3) is 0 Å². The van der Waals surface area contributed by atoms with E-state index in [0.29, 0.717) is 6.04 Å². The quantitative estimate of drug-likeness (QED) is 0.840. The SMILES string of the molecule is CCCNC1CC(CO)Oc2ccc(C)cc21. The van der Waals surface area contributed by atoms with Crippen molar-refractivity contribution >= 4 is 0 Å². The van der Waals surface area contributed by atoms with E-state index in [-0.39, 0.29) is 12.7 Å². The Bertz CT molecular complexity index is 378. The molecule has 2 atom stereocenters. The monoisotopic (exact) mass is 235 g/mol. The number of fused-ring (bicyclic) bond motifs is 1. The van der Waals surface area contributed by atoms with E-state index in [4.69, 9.17) is 4.74 Å². The molecule has 3 nitrogen and oxygen atoms in total. The first-order valence-corrected chi connectivity index (χ1v) is 6.36. The van der Waals surface area contributed by atoms with Crippen molar-refractivity contribution in [3.8, 4) is 5.75 Å². The predicted molar refractivity (Wildman–Crippen MR) is 68.3 cm³/mol. The molecule has 2 rings (SSSR count). The van der Waals surface area contributed by atoms with Crippen molar-refractivity contribution in [3.05, 3.63) is 29.3 Å². The first kappa shape index (κ1) is 12.4. The Kier molecular flexibility index (Phi) is 4.02. The molecule has 0 saturated carbocycles. The number of nitrogens with one attached hydrogen (secondary N) is 1. The summed E-state index contributed by atoms with van der Waals surface area (Å²) in [7, 11) is 0. The normalized spacial score (nSPS) is 23.0. The number of hydrogen-bond acceptors (Lipinski definition) is 3. The second-order valence-corrected chi connectivity index (χ2v) is 4.71. The third kappa shape index (κ3) is 2.79. The van der Waals surface area contributed by atoms with Crippen molar-refractivity contribution in [3.63, 3.8) is 0 Å². The van der Waals surface area contributed by atoms with E-state index >= 15 is 0 Å². The first-order valence-electron chi connectivity index (χ1n) is 6.36. The summed E-state index contributed by atoms with van der Waals surface area (Å²) in [4.78, 5) is 0.